The summed E-state index contributed by atoms with van der Waals surface area (Å²) < 4.78 is 36.0. The highest BCUT2D eigenvalue weighted by Gasteiger charge is 2.12. The van der Waals surface area contributed by atoms with Crippen molar-refractivity contribution in [2.45, 2.75) is 25.2 Å². The normalized spacial score (nSPS) is 11.1. The molecule has 1 N–H and O–H groups in total. The molecule has 0 heterocycles. The molecular weight excluding hydrogens is 282 g/mol. The zero-order valence-corrected chi connectivity index (χ0v) is 12.4. The number of sulfonamides is 1. The lowest BCUT2D eigenvalue weighted by Gasteiger charge is -2.08. The van der Waals surface area contributed by atoms with Crippen LogP contribution in [0, 0.1) is 0 Å². The lowest BCUT2D eigenvalue weighted by molar-refractivity contribution is -0.145. The maximum Gasteiger partial charge on any atom is 0.344 e. The van der Waals surface area contributed by atoms with Crippen LogP contribution in [-0.4, -0.2) is 34.1 Å². The van der Waals surface area contributed by atoms with Crippen molar-refractivity contribution < 1.29 is 22.7 Å². The summed E-state index contributed by atoms with van der Waals surface area (Å²) in [6.45, 7) is 4.08. The van der Waals surface area contributed by atoms with Crippen molar-refractivity contribution in [2.75, 3.05) is 19.8 Å². The van der Waals surface area contributed by atoms with Gasteiger partial charge in [-0.1, -0.05) is 6.92 Å². The van der Waals surface area contributed by atoms with Gasteiger partial charge in [0.15, 0.2) is 6.61 Å². The van der Waals surface area contributed by atoms with Gasteiger partial charge in [0.25, 0.3) is 0 Å². The molecule has 0 saturated carbocycles. The van der Waals surface area contributed by atoms with Crippen molar-refractivity contribution in [3.63, 3.8) is 0 Å². The molecule has 1 aromatic carbocycles. The van der Waals surface area contributed by atoms with Crippen LogP contribution in [0.25, 0.3) is 0 Å². The summed E-state index contributed by atoms with van der Waals surface area (Å²) in [5, 5.41) is 0. The second-order valence-corrected chi connectivity index (χ2v) is 5.73. The molecule has 0 atom stereocenters. The van der Waals surface area contributed by atoms with Gasteiger partial charge in [-0.2, -0.15) is 0 Å². The largest absolute Gasteiger partial charge is 0.482 e. The Morgan fingerprint density at radius 2 is 1.85 bits per heavy atom. The first-order chi connectivity index (χ1) is 9.49. The van der Waals surface area contributed by atoms with Crippen LogP contribution in [0.15, 0.2) is 29.2 Å². The lowest BCUT2D eigenvalue weighted by atomic mass is 10.3. The minimum Gasteiger partial charge on any atom is -0.482 e. The van der Waals surface area contributed by atoms with Crippen molar-refractivity contribution in [2.24, 2.45) is 0 Å². The fraction of sp³-hybridized carbons (Fsp3) is 0.462. The molecule has 0 radical (unpaired) electrons. The molecule has 20 heavy (non-hydrogen) atoms. The summed E-state index contributed by atoms with van der Waals surface area (Å²) in [5.41, 5.74) is 0. The third kappa shape index (κ3) is 5.18. The monoisotopic (exact) mass is 301 g/mol. The number of carbonyl (C=O) groups is 1. The number of carbonyl (C=O) groups excluding carboxylic acids is 1. The van der Waals surface area contributed by atoms with E-state index in [1.54, 1.807) is 6.92 Å². The predicted molar refractivity (Wildman–Crippen MR) is 74.0 cm³/mol. The number of esters is 1. The maximum atomic E-state index is 11.8. The fourth-order valence-corrected chi connectivity index (χ4v) is 2.51. The van der Waals surface area contributed by atoms with E-state index in [1.165, 1.54) is 24.3 Å². The molecule has 0 fully saturated rings. The third-order valence-corrected chi connectivity index (χ3v) is 3.82. The van der Waals surface area contributed by atoms with Crippen LogP contribution in [0.5, 0.6) is 5.75 Å². The first-order valence-corrected chi connectivity index (χ1v) is 7.86. The van der Waals surface area contributed by atoms with Crippen LogP contribution >= 0.6 is 0 Å². The molecule has 0 amide bonds. The summed E-state index contributed by atoms with van der Waals surface area (Å²) in [7, 11) is -3.48. The number of benzene rings is 1. The van der Waals surface area contributed by atoms with Crippen molar-refractivity contribution >= 4 is 16.0 Å². The van der Waals surface area contributed by atoms with E-state index in [1.807, 2.05) is 6.92 Å². The summed E-state index contributed by atoms with van der Waals surface area (Å²) in [5.74, 6) is -0.0543. The quantitative estimate of drug-likeness (QED) is 0.732. The van der Waals surface area contributed by atoms with Gasteiger partial charge in [0.05, 0.1) is 11.5 Å². The highest BCUT2D eigenvalue weighted by atomic mass is 32.2. The van der Waals surface area contributed by atoms with Gasteiger partial charge in [0.2, 0.25) is 10.0 Å². The van der Waals surface area contributed by atoms with Gasteiger partial charge in [-0.25, -0.2) is 17.9 Å². The number of hydrogen-bond donors (Lipinski definition) is 1. The topological polar surface area (TPSA) is 81.7 Å². The molecule has 0 aliphatic carbocycles. The minimum atomic E-state index is -3.48. The minimum absolute atomic E-state index is 0.162. The Morgan fingerprint density at radius 3 is 2.40 bits per heavy atom. The van der Waals surface area contributed by atoms with Gasteiger partial charge < -0.3 is 9.47 Å². The Bertz CT molecular complexity index is 524. The summed E-state index contributed by atoms with van der Waals surface area (Å²) in [4.78, 5) is 11.3. The molecule has 7 heteroatoms. The van der Waals surface area contributed by atoms with Crippen molar-refractivity contribution in [3.05, 3.63) is 24.3 Å². The smallest absolute Gasteiger partial charge is 0.344 e. The molecule has 0 saturated heterocycles. The zero-order chi connectivity index (χ0) is 15.0. The maximum absolute atomic E-state index is 11.8. The highest BCUT2D eigenvalue weighted by molar-refractivity contribution is 7.89. The highest BCUT2D eigenvalue weighted by Crippen LogP contribution is 2.15. The second kappa shape index (κ2) is 7.86. The van der Waals surface area contributed by atoms with Crippen LogP contribution in [0.2, 0.25) is 0 Å². The van der Waals surface area contributed by atoms with Crippen LogP contribution in [0.1, 0.15) is 20.3 Å². The second-order valence-electron chi connectivity index (χ2n) is 3.96. The molecule has 0 bridgehead atoms. The SMILES string of the molecule is CCCNS(=O)(=O)c1ccc(OCC(=O)OCC)cc1. The molecule has 1 rings (SSSR count). The van der Waals surface area contributed by atoms with Gasteiger partial charge in [-0.3, -0.25) is 0 Å². The Hall–Kier alpha value is -1.60. The standard InChI is InChI=1S/C13H19NO5S/c1-3-9-14-20(16,17)12-7-5-11(6-8-12)19-10-13(15)18-4-2/h5-8,14H,3-4,9-10H2,1-2H3. The van der Waals surface area contributed by atoms with Gasteiger partial charge in [-0.15, -0.1) is 0 Å². The molecule has 0 unspecified atom stereocenters. The van der Waals surface area contributed by atoms with E-state index in [0.29, 0.717) is 18.9 Å². The molecule has 6 nitrogen and oxygen atoms in total. The van der Waals surface area contributed by atoms with E-state index in [9.17, 15) is 13.2 Å². The van der Waals surface area contributed by atoms with E-state index >= 15 is 0 Å². The van der Waals surface area contributed by atoms with Crippen LogP contribution in [0.3, 0.4) is 0 Å². The molecule has 0 aliphatic heterocycles. The van der Waals surface area contributed by atoms with Gasteiger partial charge in [0, 0.05) is 6.54 Å². The molecule has 0 aliphatic rings. The van der Waals surface area contributed by atoms with Gasteiger partial charge in [-0.05, 0) is 37.6 Å². The number of ether oxygens (including phenoxy) is 2. The number of hydrogen-bond acceptors (Lipinski definition) is 5. The molecule has 112 valence electrons. The van der Waals surface area contributed by atoms with E-state index in [0.717, 1.165) is 6.42 Å². The van der Waals surface area contributed by atoms with Crippen molar-refractivity contribution in [1.29, 1.82) is 0 Å². The zero-order valence-electron chi connectivity index (χ0n) is 11.6. The molecule has 0 spiro atoms. The average molecular weight is 301 g/mol. The van der Waals surface area contributed by atoms with E-state index in [-0.39, 0.29) is 11.5 Å². The van der Waals surface area contributed by atoms with Crippen LogP contribution in [0.4, 0.5) is 0 Å². The lowest BCUT2D eigenvalue weighted by Crippen LogP contribution is -2.24. The average Bonchev–Trinajstić information content (AvgIpc) is 2.44. The fourth-order valence-electron chi connectivity index (χ4n) is 1.38. The Balaban J connectivity index is 2.62. The Labute approximate surface area is 119 Å². The predicted octanol–water partition coefficient (Wildman–Crippen LogP) is 1.32. The Kier molecular flexibility index (Phi) is 6.47. The van der Waals surface area contributed by atoms with Crippen LogP contribution < -0.4 is 9.46 Å². The summed E-state index contributed by atoms with van der Waals surface area (Å²) in [6, 6.07) is 5.86. The first kappa shape index (κ1) is 16.5. The van der Waals surface area contributed by atoms with E-state index < -0.39 is 16.0 Å². The van der Waals surface area contributed by atoms with Crippen molar-refractivity contribution in [1.82, 2.24) is 4.72 Å². The van der Waals surface area contributed by atoms with Gasteiger partial charge in [0.1, 0.15) is 5.75 Å². The van der Waals surface area contributed by atoms with Crippen LogP contribution in [-0.2, 0) is 19.6 Å². The van der Waals surface area contributed by atoms with Crippen molar-refractivity contribution in [3.8, 4) is 5.75 Å². The van der Waals surface area contributed by atoms with Gasteiger partial charge >= 0.3 is 5.97 Å². The van der Waals surface area contributed by atoms with E-state index in [4.69, 9.17) is 9.47 Å². The number of rotatable bonds is 8. The number of nitrogens with one attached hydrogen (secondary N) is 1. The molecular formula is C13H19NO5S. The molecule has 0 aromatic heterocycles. The van der Waals surface area contributed by atoms with E-state index in [2.05, 4.69) is 4.72 Å². The Morgan fingerprint density at radius 1 is 1.20 bits per heavy atom. The molecule has 1 aromatic rings. The summed E-state index contributed by atoms with van der Waals surface area (Å²) in [6.07, 6.45) is 0.722. The third-order valence-electron chi connectivity index (χ3n) is 2.34. The first-order valence-electron chi connectivity index (χ1n) is 6.37. The summed E-state index contributed by atoms with van der Waals surface area (Å²) >= 11 is 0.